The van der Waals surface area contributed by atoms with Crippen LogP contribution in [0.25, 0.3) is 0 Å². The van der Waals surface area contributed by atoms with Crippen molar-refractivity contribution in [1.82, 2.24) is 20.3 Å². The van der Waals surface area contributed by atoms with E-state index >= 15 is 0 Å². The Morgan fingerprint density at radius 1 is 0.939 bits per heavy atom. The van der Waals surface area contributed by atoms with Crippen molar-refractivity contribution in [3.63, 3.8) is 0 Å². The molecule has 4 rings (SSSR count). The molecule has 172 valence electrons. The lowest BCUT2D eigenvalue weighted by Crippen LogP contribution is -2.41. The van der Waals surface area contributed by atoms with Gasteiger partial charge in [0.05, 0.1) is 5.56 Å². The van der Waals surface area contributed by atoms with Gasteiger partial charge in [-0.2, -0.15) is 4.98 Å². The van der Waals surface area contributed by atoms with Crippen LogP contribution in [0.4, 0.5) is 29.0 Å². The molecule has 0 bridgehead atoms. The Morgan fingerprint density at radius 3 is 2.33 bits per heavy atom. The molecule has 10 nitrogen and oxygen atoms in total. The minimum absolute atomic E-state index is 0.129. The third-order valence-corrected chi connectivity index (χ3v) is 5.27. The summed E-state index contributed by atoms with van der Waals surface area (Å²) in [6.45, 7) is 5.70. The normalized spacial score (nSPS) is 14.3. The zero-order valence-electron chi connectivity index (χ0n) is 18.9. The van der Waals surface area contributed by atoms with Crippen molar-refractivity contribution in [3.8, 4) is 0 Å². The molecule has 0 unspecified atom stereocenters. The maximum absolute atomic E-state index is 12.3. The summed E-state index contributed by atoms with van der Waals surface area (Å²) in [5.41, 5.74) is -0.612. The van der Waals surface area contributed by atoms with Crippen LogP contribution in [0.1, 0.15) is 56.8 Å². The number of carbonyl (C=O) groups excluding carboxylic acids is 1. The highest BCUT2D eigenvalue weighted by atomic mass is 16.2. The molecule has 0 saturated heterocycles. The number of aromatic nitrogens is 3. The molecule has 1 aromatic carbocycles. The molecular formula is C23H27N7O3. The summed E-state index contributed by atoms with van der Waals surface area (Å²) in [5, 5.41) is 11.9. The average Bonchev–Trinajstić information content (AvgIpc) is 3.29. The molecule has 0 atom stereocenters. The van der Waals surface area contributed by atoms with Crippen molar-refractivity contribution in [3.05, 3.63) is 56.6 Å². The lowest BCUT2D eigenvalue weighted by molar-refractivity contribution is 0.0937. The van der Waals surface area contributed by atoms with E-state index in [0.29, 0.717) is 17.2 Å². The topological polar surface area (TPSA) is 138 Å². The van der Waals surface area contributed by atoms with Crippen LogP contribution in [0.3, 0.4) is 0 Å². The van der Waals surface area contributed by atoms with E-state index in [1.54, 1.807) is 18.2 Å². The van der Waals surface area contributed by atoms with Crippen molar-refractivity contribution in [2.24, 2.45) is 0 Å². The van der Waals surface area contributed by atoms with Crippen molar-refractivity contribution < 1.29 is 4.79 Å². The second-order valence-electron chi connectivity index (χ2n) is 9.19. The van der Waals surface area contributed by atoms with E-state index in [1.807, 2.05) is 20.8 Å². The Kier molecular flexibility index (Phi) is 6.08. The lowest BCUT2D eigenvalue weighted by atomic mass is 10.1. The van der Waals surface area contributed by atoms with Gasteiger partial charge in [-0.25, -0.2) is 9.97 Å². The second-order valence-corrected chi connectivity index (χ2v) is 9.19. The van der Waals surface area contributed by atoms with Gasteiger partial charge in [0.15, 0.2) is 0 Å². The largest absolute Gasteiger partial charge is 0.375 e. The van der Waals surface area contributed by atoms with E-state index in [-0.39, 0.29) is 34.8 Å². The zero-order chi connectivity index (χ0) is 23.6. The predicted molar refractivity (Wildman–Crippen MR) is 127 cm³/mol. The van der Waals surface area contributed by atoms with Crippen LogP contribution < -0.4 is 32.1 Å². The van der Waals surface area contributed by atoms with Gasteiger partial charge in [0.1, 0.15) is 23.0 Å². The van der Waals surface area contributed by atoms with Gasteiger partial charge in [-0.3, -0.25) is 14.4 Å². The van der Waals surface area contributed by atoms with Crippen LogP contribution in [0, 0.1) is 0 Å². The minimum atomic E-state index is -0.594. The SMILES string of the molecule is CC(C)(C)Nc1c(Nc2ccnc(Nc3ccc(C(=O)NC4CCCC4)cn3)n2)c(=O)c1=O. The van der Waals surface area contributed by atoms with E-state index in [4.69, 9.17) is 0 Å². The van der Waals surface area contributed by atoms with Gasteiger partial charge < -0.3 is 21.3 Å². The number of hydrogen-bond acceptors (Lipinski definition) is 9. The van der Waals surface area contributed by atoms with Crippen LogP contribution in [0.5, 0.6) is 0 Å². The molecular weight excluding hydrogens is 422 g/mol. The van der Waals surface area contributed by atoms with Crippen molar-refractivity contribution >= 4 is 34.9 Å². The number of amides is 1. The number of pyridine rings is 1. The maximum atomic E-state index is 12.3. The van der Waals surface area contributed by atoms with Crippen LogP contribution in [-0.2, 0) is 0 Å². The lowest BCUT2D eigenvalue weighted by Gasteiger charge is -2.24. The molecule has 1 aliphatic rings. The summed E-state index contributed by atoms with van der Waals surface area (Å²) in [6, 6.07) is 5.20. The first kappa shape index (κ1) is 22.4. The summed E-state index contributed by atoms with van der Waals surface area (Å²) in [5.74, 6) is 0.939. The van der Waals surface area contributed by atoms with Crippen LogP contribution >= 0.6 is 0 Å². The highest BCUT2D eigenvalue weighted by molar-refractivity contribution is 5.94. The third kappa shape index (κ3) is 5.33. The van der Waals surface area contributed by atoms with E-state index in [2.05, 4.69) is 36.2 Å². The summed E-state index contributed by atoms with van der Waals surface area (Å²) in [7, 11) is 0. The molecule has 0 spiro atoms. The standard InChI is InChI=1S/C23H27N7O3/c1-23(2,3)30-18-17(19(31)20(18)32)27-16-10-11-24-22(29-16)28-15-9-8-13(12-25-15)21(33)26-14-6-4-5-7-14/h8-12,14,30H,4-7H2,1-3H3,(H,26,33)(H2,24,25,27,28,29). The number of carbonyl (C=O) groups is 1. The fraction of sp³-hybridized carbons (Fsp3) is 0.391. The Labute approximate surface area is 191 Å². The summed E-state index contributed by atoms with van der Waals surface area (Å²) in [4.78, 5) is 49.1. The quantitative estimate of drug-likeness (QED) is 0.401. The molecule has 1 amide bonds. The van der Waals surface area contributed by atoms with Crippen molar-refractivity contribution in [2.75, 3.05) is 16.0 Å². The van der Waals surface area contributed by atoms with Gasteiger partial charge in [0, 0.05) is 24.0 Å². The zero-order valence-corrected chi connectivity index (χ0v) is 18.9. The number of anilines is 5. The molecule has 0 radical (unpaired) electrons. The molecule has 0 aliphatic heterocycles. The van der Waals surface area contributed by atoms with Gasteiger partial charge in [-0.05, 0) is 51.8 Å². The Bertz CT molecular complexity index is 1220. The van der Waals surface area contributed by atoms with Crippen LogP contribution in [0.15, 0.2) is 40.2 Å². The Hall–Kier alpha value is -3.82. The second kappa shape index (κ2) is 8.97. The third-order valence-electron chi connectivity index (χ3n) is 5.27. The Morgan fingerprint density at radius 2 is 1.67 bits per heavy atom. The first-order valence-corrected chi connectivity index (χ1v) is 10.9. The van der Waals surface area contributed by atoms with E-state index in [0.717, 1.165) is 25.7 Å². The monoisotopic (exact) mass is 449 g/mol. The molecule has 10 heteroatoms. The van der Waals surface area contributed by atoms with Crippen molar-refractivity contribution in [2.45, 2.75) is 58.0 Å². The maximum Gasteiger partial charge on any atom is 0.253 e. The number of nitrogens with one attached hydrogen (secondary N) is 4. The molecule has 33 heavy (non-hydrogen) atoms. The Balaban J connectivity index is 1.42. The van der Waals surface area contributed by atoms with Gasteiger partial charge in [0.2, 0.25) is 5.95 Å². The van der Waals surface area contributed by atoms with Gasteiger partial charge in [-0.15, -0.1) is 0 Å². The highest BCUT2D eigenvalue weighted by Gasteiger charge is 2.25. The molecule has 1 fully saturated rings. The fourth-order valence-corrected chi connectivity index (χ4v) is 3.68. The van der Waals surface area contributed by atoms with Gasteiger partial charge >= 0.3 is 0 Å². The molecule has 2 aromatic heterocycles. The van der Waals surface area contributed by atoms with E-state index in [1.165, 1.54) is 12.4 Å². The molecule has 2 heterocycles. The van der Waals surface area contributed by atoms with Crippen LogP contribution in [0.2, 0.25) is 0 Å². The molecule has 1 aliphatic carbocycles. The smallest absolute Gasteiger partial charge is 0.253 e. The number of hydrogen-bond donors (Lipinski definition) is 4. The molecule has 3 aromatic rings. The average molecular weight is 450 g/mol. The van der Waals surface area contributed by atoms with Gasteiger partial charge in [0.25, 0.3) is 16.8 Å². The van der Waals surface area contributed by atoms with E-state index < -0.39 is 10.9 Å². The summed E-state index contributed by atoms with van der Waals surface area (Å²) >= 11 is 0. The molecule has 1 saturated carbocycles. The summed E-state index contributed by atoms with van der Waals surface area (Å²) in [6.07, 6.45) is 7.36. The minimum Gasteiger partial charge on any atom is -0.375 e. The first-order chi connectivity index (χ1) is 15.7. The van der Waals surface area contributed by atoms with Crippen LogP contribution in [-0.4, -0.2) is 32.4 Å². The highest BCUT2D eigenvalue weighted by Crippen LogP contribution is 2.23. The van der Waals surface area contributed by atoms with Gasteiger partial charge in [-0.1, -0.05) is 12.8 Å². The summed E-state index contributed by atoms with van der Waals surface area (Å²) < 4.78 is 0. The van der Waals surface area contributed by atoms with E-state index in [9.17, 15) is 14.4 Å². The fourth-order valence-electron chi connectivity index (χ4n) is 3.68. The number of nitrogens with zero attached hydrogens (tertiary/aromatic N) is 3. The first-order valence-electron chi connectivity index (χ1n) is 10.9. The molecule has 4 N–H and O–H groups in total. The number of rotatable bonds is 7. The predicted octanol–water partition coefficient (Wildman–Crippen LogP) is 2.84. The van der Waals surface area contributed by atoms with Crippen molar-refractivity contribution in [1.29, 1.82) is 0 Å².